The van der Waals surface area contributed by atoms with E-state index in [1.54, 1.807) is 43.3 Å². The number of hydrogen-bond donors (Lipinski definition) is 3. The van der Waals surface area contributed by atoms with Crippen LogP contribution in [-0.4, -0.2) is 38.9 Å². The van der Waals surface area contributed by atoms with E-state index in [0.717, 1.165) is 40.4 Å². The number of allylic oxidation sites excluding steroid dienone is 1. The zero-order valence-electron chi connectivity index (χ0n) is 24.2. The Bertz CT molecular complexity index is 1710. The lowest BCUT2D eigenvalue weighted by Gasteiger charge is -2.20. The number of amides is 2. The van der Waals surface area contributed by atoms with E-state index in [2.05, 4.69) is 28.5 Å². The number of benzene rings is 3. The highest BCUT2D eigenvalue weighted by Crippen LogP contribution is 2.39. The third-order valence-corrected chi connectivity index (χ3v) is 8.75. The fraction of sp³-hybridized carbons (Fsp3) is 0.273. The largest absolute Gasteiger partial charge is 0.496 e. The van der Waals surface area contributed by atoms with Crippen LogP contribution >= 0.6 is 0 Å². The quantitative estimate of drug-likeness (QED) is 0.136. The van der Waals surface area contributed by atoms with Crippen LogP contribution in [0.1, 0.15) is 64.7 Å². The van der Waals surface area contributed by atoms with Gasteiger partial charge in [-0.25, -0.2) is 13.1 Å². The third kappa shape index (κ3) is 6.91. The first kappa shape index (κ1) is 30.6. The molecule has 0 fully saturated rings. The molecule has 1 atom stereocenters. The molecule has 8 nitrogen and oxygen atoms in total. The summed E-state index contributed by atoms with van der Waals surface area (Å²) in [6.45, 7) is 8.38. The van der Waals surface area contributed by atoms with Crippen molar-refractivity contribution in [3.63, 3.8) is 0 Å². The monoisotopic (exact) mass is 587 g/mol. The molecule has 1 heterocycles. The molecule has 2 amide bonds. The van der Waals surface area contributed by atoms with E-state index in [-0.39, 0.29) is 28.7 Å². The second-order valence-corrected chi connectivity index (χ2v) is 11.9. The van der Waals surface area contributed by atoms with Gasteiger partial charge in [0.15, 0.2) is 0 Å². The van der Waals surface area contributed by atoms with Gasteiger partial charge in [-0.05, 0) is 66.8 Å². The van der Waals surface area contributed by atoms with Crippen molar-refractivity contribution in [2.75, 3.05) is 13.7 Å². The van der Waals surface area contributed by atoms with Crippen molar-refractivity contribution in [1.82, 2.24) is 15.0 Å². The van der Waals surface area contributed by atoms with Crippen LogP contribution in [0.15, 0.2) is 84.4 Å². The highest BCUT2D eigenvalue weighted by atomic mass is 32.2. The molecule has 3 N–H and O–H groups in total. The zero-order valence-corrected chi connectivity index (χ0v) is 25.0. The van der Waals surface area contributed by atoms with Crippen molar-refractivity contribution in [2.45, 2.75) is 50.3 Å². The maximum absolute atomic E-state index is 13.0. The minimum absolute atomic E-state index is 0.0116. The van der Waals surface area contributed by atoms with Gasteiger partial charge in [-0.3, -0.25) is 9.59 Å². The Labute approximate surface area is 247 Å². The number of carbonyl (C=O) groups excluding carboxylic acids is 2. The molecule has 4 rings (SSSR count). The number of carbonyl (C=O) groups is 2. The average molecular weight is 588 g/mol. The first-order valence-electron chi connectivity index (χ1n) is 14.0. The van der Waals surface area contributed by atoms with Crippen molar-refractivity contribution in [3.8, 4) is 5.75 Å². The molecule has 0 aliphatic carbocycles. The first-order valence-corrected chi connectivity index (χ1v) is 15.4. The van der Waals surface area contributed by atoms with Crippen LogP contribution < -0.4 is 14.8 Å². The van der Waals surface area contributed by atoms with Crippen LogP contribution in [0, 0.1) is 6.92 Å². The molecule has 42 heavy (non-hydrogen) atoms. The van der Waals surface area contributed by atoms with E-state index in [1.165, 1.54) is 13.2 Å². The second-order valence-electron chi connectivity index (χ2n) is 10.2. The molecule has 220 valence electrons. The summed E-state index contributed by atoms with van der Waals surface area (Å²) < 4.78 is 33.6. The number of aryl methyl sites for hydroxylation is 1. The maximum atomic E-state index is 13.0. The molecule has 0 saturated carbocycles. The summed E-state index contributed by atoms with van der Waals surface area (Å²) in [5.74, 6) is -0.490. The minimum atomic E-state index is -4.06. The number of methoxy groups -OCH3 is 1. The van der Waals surface area contributed by atoms with Gasteiger partial charge in [-0.15, -0.1) is 6.58 Å². The van der Waals surface area contributed by atoms with Crippen LogP contribution in [0.2, 0.25) is 0 Å². The lowest BCUT2D eigenvalue weighted by Crippen LogP contribution is -2.31. The number of ether oxygens (including phenoxy) is 1. The Balaban J connectivity index is 1.63. The summed E-state index contributed by atoms with van der Waals surface area (Å²) in [4.78, 5) is 28.8. The van der Waals surface area contributed by atoms with Crippen LogP contribution in [0.25, 0.3) is 10.9 Å². The van der Waals surface area contributed by atoms with Gasteiger partial charge in [0.25, 0.3) is 15.9 Å². The molecule has 0 radical (unpaired) electrons. The normalized spacial score (nSPS) is 12.1. The number of aromatic amines is 1. The molecule has 0 bridgehead atoms. The van der Waals surface area contributed by atoms with Gasteiger partial charge >= 0.3 is 0 Å². The summed E-state index contributed by atoms with van der Waals surface area (Å²) in [7, 11) is -2.54. The lowest BCUT2D eigenvalue weighted by molar-refractivity contribution is -0.120. The SMILES string of the molecule is C=CCC(c1ccc(C(=O)NS(=O)(=O)c2ccccc2C)cc1OC)c1c[nH]c2ccc(CC(=O)NCCCC)cc12. The highest BCUT2D eigenvalue weighted by molar-refractivity contribution is 7.90. The molecule has 3 aromatic carbocycles. The van der Waals surface area contributed by atoms with Crippen molar-refractivity contribution in [2.24, 2.45) is 0 Å². The number of hydrogen-bond acceptors (Lipinski definition) is 5. The topological polar surface area (TPSA) is 117 Å². The number of fused-ring (bicyclic) bond motifs is 1. The van der Waals surface area contributed by atoms with Crippen LogP contribution in [0.5, 0.6) is 5.75 Å². The molecule has 1 aromatic heterocycles. The Morgan fingerprint density at radius 2 is 1.86 bits per heavy atom. The third-order valence-electron chi connectivity index (χ3n) is 7.25. The average Bonchev–Trinajstić information content (AvgIpc) is 3.38. The van der Waals surface area contributed by atoms with E-state index in [4.69, 9.17) is 4.74 Å². The minimum Gasteiger partial charge on any atom is -0.496 e. The Morgan fingerprint density at radius 3 is 2.57 bits per heavy atom. The fourth-order valence-electron chi connectivity index (χ4n) is 5.06. The molecule has 0 saturated heterocycles. The van der Waals surface area contributed by atoms with Crippen molar-refractivity contribution in [3.05, 3.63) is 107 Å². The Hall–Kier alpha value is -4.37. The standard InChI is InChI=1S/C33H37N3O5S/c1-5-7-17-34-32(37)19-23-13-16-29-27(18-23)28(21-35-29)25(10-6-2)26-15-14-24(20-30(26)41-4)33(38)36-42(39,40)31-12-9-8-11-22(31)3/h6,8-9,11-16,18,20-21,25,35H,2,5,7,10,17,19H2,1,3-4H3,(H,34,37)(H,36,38). The summed E-state index contributed by atoms with van der Waals surface area (Å²) in [5, 5.41) is 3.95. The number of aromatic nitrogens is 1. The maximum Gasteiger partial charge on any atom is 0.265 e. The van der Waals surface area contributed by atoms with Gasteiger partial charge in [0.1, 0.15) is 5.75 Å². The van der Waals surface area contributed by atoms with E-state index in [0.29, 0.717) is 24.3 Å². The van der Waals surface area contributed by atoms with Crippen molar-refractivity contribution in [1.29, 1.82) is 0 Å². The summed E-state index contributed by atoms with van der Waals surface area (Å²) in [6.07, 6.45) is 6.60. The van der Waals surface area contributed by atoms with Crippen LogP contribution in [0.3, 0.4) is 0 Å². The molecule has 0 aliphatic rings. The molecule has 1 unspecified atom stereocenters. The predicted octanol–water partition coefficient (Wildman–Crippen LogP) is 5.77. The predicted molar refractivity (Wildman–Crippen MR) is 165 cm³/mol. The number of H-pyrrole nitrogens is 1. The van der Waals surface area contributed by atoms with Crippen molar-refractivity contribution >= 4 is 32.7 Å². The van der Waals surface area contributed by atoms with Gasteiger partial charge in [0.2, 0.25) is 5.91 Å². The smallest absolute Gasteiger partial charge is 0.265 e. The second kappa shape index (κ2) is 13.5. The first-order chi connectivity index (χ1) is 20.2. The molecule has 0 aliphatic heterocycles. The van der Waals surface area contributed by atoms with Gasteiger partial charge < -0.3 is 15.0 Å². The van der Waals surface area contributed by atoms with Gasteiger partial charge in [0, 0.05) is 40.7 Å². The van der Waals surface area contributed by atoms with E-state index in [9.17, 15) is 18.0 Å². The lowest BCUT2D eigenvalue weighted by atomic mass is 9.86. The summed E-state index contributed by atoms with van der Waals surface area (Å²) in [5.41, 5.74) is 4.35. The number of nitrogens with one attached hydrogen (secondary N) is 3. The highest BCUT2D eigenvalue weighted by Gasteiger charge is 2.24. The Morgan fingerprint density at radius 1 is 1.07 bits per heavy atom. The molecular formula is C33H37N3O5S. The number of unbranched alkanes of at least 4 members (excludes halogenated alkanes) is 1. The van der Waals surface area contributed by atoms with Gasteiger partial charge in [-0.1, -0.05) is 49.8 Å². The molecule has 9 heteroatoms. The molecular weight excluding hydrogens is 550 g/mol. The van der Waals surface area contributed by atoms with E-state index < -0.39 is 15.9 Å². The fourth-order valence-corrected chi connectivity index (χ4v) is 6.28. The number of sulfonamides is 1. The van der Waals surface area contributed by atoms with E-state index >= 15 is 0 Å². The summed E-state index contributed by atoms with van der Waals surface area (Å²) >= 11 is 0. The van der Waals surface area contributed by atoms with Crippen LogP contribution in [-0.2, 0) is 21.2 Å². The van der Waals surface area contributed by atoms with Gasteiger partial charge in [0.05, 0.1) is 18.4 Å². The number of rotatable bonds is 13. The van der Waals surface area contributed by atoms with Crippen LogP contribution in [0.4, 0.5) is 0 Å². The summed E-state index contributed by atoms with van der Waals surface area (Å²) in [6, 6.07) is 17.4. The molecule has 4 aromatic rings. The zero-order chi connectivity index (χ0) is 30.3. The molecule has 0 spiro atoms. The van der Waals surface area contributed by atoms with E-state index in [1.807, 2.05) is 30.5 Å². The Kier molecular flexibility index (Phi) is 9.85. The van der Waals surface area contributed by atoms with Crippen molar-refractivity contribution < 1.29 is 22.7 Å². The van der Waals surface area contributed by atoms with Gasteiger partial charge in [-0.2, -0.15) is 0 Å².